The summed E-state index contributed by atoms with van der Waals surface area (Å²) in [5.74, 6) is 1.60. The Labute approximate surface area is 197 Å². The van der Waals surface area contributed by atoms with Crippen LogP contribution in [0, 0.1) is 49.9 Å². The smallest absolute Gasteiger partial charge is 0.255 e. The number of rotatable bonds is 5. The van der Waals surface area contributed by atoms with E-state index in [1.54, 1.807) is 0 Å². The lowest BCUT2D eigenvalue weighted by Crippen LogP contribution is -2.74. The number of nitrogens with zero attached hydrogens (tertiary/aromatic N) is 3. The van der Waals surface area contributed by atoms with Crippen LogP contribution in [0.3, 0.4) is 0 Å². The van der Waals surface area contributed by atoms with E-state index in [4.69, 9.17) is 4.74 Å². The molecule has 1 aromatic heterocycles. The van der Waals surface area contributed by atoms with Crippen LogP contribution >= 0.6 is 0 Å². The summed E-state index contributed by atoms with van der Waals surface area (Å²) in [5.41, 5.74) is 3.93. The predicted molar refractivity (Wildman–Crippen MR) is 129 cm³/mol. The first kappa shape index (κ1) is 24.7. The maximum Gasteiger partial charge on any atom is 0.255 e. The van der Waals surface area contributed by atoms with Crippen molar-refractivity contribution in [3.8, 4) is 11.8 Å². The zero-order valence-electron chi connectivity index (χ0n) is 21.5. The Morgan fingerprint density at radius 2 is 1.58 bits per heavy atom. The van der Waals surface area contributed by atoms with Gasteiger partial charge >= 0.3 is 0 Å². The van der Waals surface area contributed by atoms with E-state index < -0.39 is 0 Å². The molecule has 0 unspecified atom stereocenters. The minimum absolute atomic E-state index is 0.0918. The molecule has 1 aliphatic carbocycles. The second kappa shape index (κ2) is 8.44. The van der Waals surface area contributed by atoms with Gasteiger partial charge in [0.05, 0.1) is 28.6 Å². The van der Waals surface area contributed by atoms with E-state index in [0.29, 0.717) is 22.5 Å². The van der Waals surface area contributed by atoms with Crippen molar-refractivity contribution in [3.63, 3.8) is 0 Å². The topological polar surface area (TPSA) is 87.9 Å². The number of benzene rings is 1. The molecule has 1 amide bonds. The van der Waals surface area contributed by atoms with Gasteiger partial charge in [0.2, 0.25) is 0 Å². The molecule has 1 aromatic carbocycles. The van der Waals surface area contributed by atoms with Gasteiger partial charge in [0, 0.05) is 22.8 Å². The monoisotopic (exact) mass is 448 g/mol. The van der Waals surface area contributed by atoms with Crippen LogP contribution in [-0.2, 0) is 0 Å². The highest BCUT2D eigenvalue weighted by molar-refractivity contribution is 5.96. The average molecular weight is 449 g/mol. The summed E-state index contributed by atoms with van der Waals surface area (Å²) in [4.78, 5) is 22.4. The fourth-order valence-electron chi connectivity index (χ4n) is 5.50. The van der Waals surface area contributed by atoms with Crippen molar-refractivity contribution in [2.75, 3.05) is 0 Å². The molecular formula is C27H36N4O2. The molecule has 3 rings (SSSR count). The Bertz CT molecular complexity index is 1100. The lowest BCUT2D eigenvalue weighted by atomic mass is 9.49. The molecule has 1 saturated carbocycles. The molecule has 6 nitrogen and oxygen atoms in total. The molecule has 6 heteroatoms. The molecule has 0 aliphatic heterocycles. The van der Waals surface area contributed by atoms with E-state index in [1.165, 1.54) is 0 Å². The van der Waals surface area contributed by atoms with Crippen LogP contribution in [-0.4, -0.2) is 28.0 Å². The molecule has 176 valence electrons. The summed E-state index contributed by atoms with van der Waals surface area (Å²) in [5, 5.41) is 12.6. The van der Waals surface area contributed by atoms with Crippen molar-refractivity contribution < 1.29 is 9.53 Å². The third-order valence-corrected chi connectivity index (χ3v) is 7.25. The van der Waals surface area contributed by atoms with Gasteiger partial charge in [-0.25, -0.2) is 9.97 Å². The standard InChI is InChI=1S/C27H36N4O2/c1-14(2)22-29-17(5)21(18(6)30-22)23(32)31-24-26(7,8)25(27(24,9)10)33-20-12-11-19(13-28)15(3)16(20)4/h11-12,14,24-25H,1-10H3,(H,31,32). The number of aryl methyl sites for hydroxylation is 2. The molecule has 1 heterocycles. The number of amides is 1. The van der Waals surface area contributed by atoms with Crippen LogP contribution in [0.4, 0.5) is 0 Å². The first-order chi connectivity index (χ1) is 15.2. The minimum Gasteiger partial charge on any atom is -0.489 e. The second-order valence-corrected chi connectivity index (χ2v) is 10.8. The van der Waals surface area contributed by atoms with Gasteiger partial charge in [-0.1, -0.05) is 41.5 Å². The highest BCUT2D eigenvalue weighted by Crippen LogP contribution is 2.55. The number of hydrogen-bond acceptors (Lipinski definition) is 5. The predicted octanol–water partition coefficient (Wildman–Crippen LogP) is 5.32. The molecule has 1 aliphatic rings. The lowest BCUT2D eigenvalue weighted by molar-refractivity contribution is -0.164. The van der Waals surface area contributed by atoms with Crippen LogP contribution in [0.25, 0.3) is 0 Å². The van der Waals surface area contributed by atoms with Crippen LogP contribution in [0.2, 0.25) is 0 Å². The number of carbonyl (C=O) groups excluding carboxylic acids is 1. The molecule has 2 aromatic rings. The zero-order chi connectivity index (χ0) is 24.9. The summed E-state index contributed by atoms with van der Waals surface area (Å²) in [6, 6.07) is 5.82. The SMILES string of the molecule is Cc1nc(C(C)C)nc(C)c1C(=O)NC1C(C)(C)C(Oc2ccc(C#N)c(C)c2C)C1(C)C. The third-order valence-electron chi connectivity index (χ3n) is 7.25. The zero-order valence-corrected chi connectivity index (χ0v) is 21.5. The van der Waals surface area contributed by atoms with E-state index >= 15 is 0 Å². The highest BCUT2D eigenvalue weighted by Gasteiger charge is 2.64. The first-order valence-electron chi connectivity index (χ1n) is 11.6. The molecular weight excluding hydrogens is 412 g/mol. The van der Waals surface area contributed by atoms with E-state index in [0.717, 1.165) is 22.7 Å². The number of hydrogen-bond donors (Lipinski definition) is 1. The molecule has 0 radical (unpaired) electrons. The van der Waals surface area contributed by atoms with Crippen molar-refractivity contribution in [3.05, 3.63) is 51.6 Å². The maximum atomic E-state index is 13.3. The number of ether oxygens (including phenoxy) is 1. The molecule has 0 spiro atoms. The van der Waals surface area contributed by atoms with Crippen molar-refractivity contribution in [1.29, 1.82) is 5.26 Å². The fraction of sp³-hybridized carbons (Fsp3) is 0.556. The number of aromatic nitrogens is 2. The quantitative estimate of drug-likeness (QED) is 0.669. The molecule has 0 bridgehead atoms. The summed E-state index contributed by atoms with van der Waals surface area (Å²) in [7, 11) is 0. The molecule has 33 heavy (non-hydrogen) atoms. The first-order valence-corrected chi connectivity index (χ1v) is 11.6. The summed E-state index contributed by atoms with van der Waals surface area (Å²) >= 11 is 0. The largest absolute Gasteiger partial charge is 0.489 e. The van der Waals surface area contributed by atoms with Crippen LogP contribution in [0.15, 0.2) is 12.1 Å². The van der Waals surface area contributed by atoms with Gasteiger partial charge in [0.1, 0.15) is 17.7 Å². The Morgan fingerprint density at radius 3 is 2.06 bits per heavy atom. The summed E-state index contributed by atoms with van der Waals surface area (Å²) in [6.45, 7) is 20.2. The van der Waals surface area contributed by atoms with Gasteiger partial charge in [-0.2, -0.15) is 5.26 Å². The fourth-order valence-corrected chi connectivity index (χ4v) is 5.50. The summed E-state index contributed by atoms with van der Waals surface area (Å²) < 4.78 is 6.51. The van der Waals surface area contributed by atoms with Gasteiger partial charge in [-0.3, -0.25) is 4.79 Å². The highest BCUT2D eigenvalue weighted by atomic mass is 16.5. The molecule has 1 fully saturated rings. The van der Waals surface area contributed by atoms with E-state index in [9.17, 15) is 10.1 Å². The van der Waals surface area contributed by atoms with Crippen molar-refractivity contribution >= 4 is 5.91 Å². The Kier molecular flexibility index (Phi) is 6.32. The number of nitrogens with one attached hydrogen (secondary N) is 1. The molecule has 0 saturated heterocycles. The molecule has 0 atom stereocenters. The van der Waals surface area contributed by atoms with E-state index in [2.05, 4.69) is 49.0 Å². The van der Waals surface area contributed by atoms with Gasteiger partial charge in [0.15, 0.2) is 0 Å². The van der Waals surface area contributed by atoms with Crippen molar-refractivity contribution in [2.45, 2.75) is 87.3 Å². The van der Waals surface area contributed by atoms with Crippen LogP contribution < -0.4 is 10.1 Å². The van der Waals surface area contributed by atoms with Gasteiger partial charge in [0.25, 0.3) is 5.91 Å². The summed E-state index contributed by atoms with van der Waals surface area (Å²) in [6.07, 6.45) is -0.108. The van der Waals surface area contributed by atoms with Gasteiger partial charge < -0.3 is 10.1 Å². The minimum atomic E-state index is -0.298. The number of carbonyl (C=O) groups is 1. The Balaban J connectivity index is 1.84. The van der Waals surface area contributed by atoms with Crippen molar-refractivity contribution in [1.82, 2.24) is 15.3 Å². The second-order valence-electron chi connectivity index (χ2n) is 10.8. The van der Waals surface area contributed by atoms with E-state index in [1.807, 2.05) is 53.7 Å². The van der Waals surface area contributed by atoms with Gasteiger partial charge in [-0.15, -0.1) is 0 Å². The lowest BCUT2D eigenvalue weighted by Gasteiger charge is -2.63. The normalized spacial score (nSPS) is 20.7. The van der Waals surface area contributed by atoms with Crippen LogP contribution in [0.1, 0.15) is 91.7 Å². The Hall–Kier alpha value is -2.94. The maximum absolute atomic E-state index is 13.3. The Morgan fingerprint density at radius 1 is 1.03 bits per heavy atom. The van der Waals surface area contributed by atoms with Crippen molar-refractivity contribution in [2.24, 2.45) is 10.8 Å². The van der Waals surface area contributed by atoms with Gasteiger partial charge in [-0.05, 0) is 51.0 Å². The number of nitriles is 1. The average Bonchev–Trinajstić information content (AvgIpc) is 2.71. The van der Waals surface area contributed by atoms with Crippen LogP contribution in [0.5, 0.6) is 5.75 Å². The van der Waals surface area contributed by atoms with E-state index in [-0.39, 0.29) is 34.8 Å². The third kappa shape index (κ3) is 4.10. The molecule has 1 N–H and O–H groups in total.